The van der Waals surface area contributed by atoms with Gasteiger partial charge in [-0.15, -0.1) is 0 Å². The van der Waals surface area contributed by atoms with Crippen LogP contribution in [0.1, 0.15) is 18.9 Å². The number of nitrogens with two attached hydrogens (primary N) is 1. The molecule has 0 aromatic heterocycles. The average molecular weight is 220 g/mol. The lowest BCUT2D eigenvalue weighted by molar-refractivity contribution is 0.0930. The molecular weight excluding hydrogens is 200 g/mol. The summed E-state index contributed by atoms with van der Waals surface area (Å²) < 4.78 is 5.51. The van der Waals surface area contributed by atoms with Gasteiger partial charge in [-0.3, -0.25) is 0 Å². The molecule has 0 radical (unpaired) electrons. The Morgan fingerprint density at radius 1 is 1.38 bits per heavy atom. The Balaban J connectivity index is 2.14. The second-order valence-electron chi connectivity index (χ2n) is 4.20. The number of morpholine rings is 1. The molecular formula is C13H20N2O. The molecule has 1 aliphatic rings. The Morgan fingerprint density at radius 2 is 2.12 bits per heavy atom. The highest BCUT2D eigenvalue weighted by Crippen LogP contribution is 2.21. The molecule has 1 heterocycles. The summed E-state index contributed by atoms with van der Waals surface area (Å²) in [5.74, 6) is 0. The number of benzene rings is 1. The number of anilines is 1. The predicted octanol–water partition coefficient (Wildman–Crippen LogP) is 1.76. The second-order valence-corrected chi connectivity index (χ2v) is 4.20. The molecule has 2 rings (SSSR count). The third-order valence-corrected chi connectivity index (χ3v) is 3.20. The molecule has 0 amide bonds. The molecule has 1 aromatic rings. The molecule has 1 unspecified atom stereocenters. The van der Waals surface area contributed by atoms with Gasteiger partial charge in [-0.25, -0.2) is 0 Å². The summed E-state index contributed by atoms with van der Waals surface area (Å²) >= 11 is 0. The van der Waals surface area contributed by atoms with Gasteiger partial charge in [0.05, 0.1) is 19.3 Å². The molecule has 2 N–H and O–H groups in total. The number of nitrogens with zero attached hydrogens (tertiary/aromatic N) is 1. The van der Waals surface area contributed by atoms with Gasteiger partial charge in [-0.1, -0.05) is 19.1 Å². The summed E-state index contributed by atoms with van der Waals surface area (Å²) in [4.78, 5) is 2.43. The van der Waals surface area contributed by atoms with E-state index < -0.39 is 0 Å². The maximum absolute atomic E-state index is 5.60. The summed E-state index contributed by atoms with van der Waals surface area (Å²) in [6.07, 6.45) is 1.12. The molecule has 3 nitrogen and oxygen atoms in total. The van der Waals surface area contributed by atoms with E-state index >= 15 is 0 Å². The van der Waals surface area contributed by atoms with Gasteiger partial charge in [0.2, 0.25) is 0 Å². The quantitative estimate of drug-likeness (QED) is 0.843. The van der Waals surface area contributed by atoms with Crippen LogP contribution in [-0.2, 0) is 11.3 Å². The van der Waals surface area contributed by atoms with Crippen molar-refractivity contribution in [2.45, 2.75) is 25.9 Å². The first-order chi connectivity index (χ1) is 7.85. The van der Waals surface area contributed by atoms with E-state index in [0.29, 0.717) is 12.6 Å². The van der Waals surface area contributed by atoms with Crippen molar-refractivity contribution in [1.29, 1.82) is 0 Å². The normalized spacial score (nSPS) is 21.1. The molecule has 1 saturated heterocycles. The number of hydrogen-bond donors (Lipinski definition) is 1. The highest BCUT2D eigenvalue weighted by atomic mass is 16.5. The SMILES string of the molecule is CCC1COCCN1c1ccc(CN)cc1. The smallest absolute Gasteiger partial charge is 0.0670 e. The van der Waals surface area contributed by atoms with Crippen molar-refractivity contribution in [2.24, 2.45) is 5.73 Å². The summed E-state index contributed by atoms with van der Waals surface area (Å²) in [5.41, 5.74) is 8.07. The Bertz CT molecular complexity index is 323. The van der Waals surface area contributed by atoms with Gasteiger partial charge in [-0.05, 0) is 24.1 Å². The molecule has 1 fully saturated rings. The first-order valence-electron chi connectivity index (χ1n) is 5.98. The van der Waals surface area contributed by atoms with Crippen molar-refractivity contribution in [2.75, 3.05) is 24.7 Å². The van der Waals surface area contributed by atoms with Crippen molar-refractivity contribution < 1.29 is 4.74 Å². The van der Waals surface area contributed by atoms with Gasteiger partial charge in [0, 0.05) is 18.8 Å². The molecule has 88 valence electrons. The van der Waals surface area contributed by atoms with Crippen molar-refractivity contribution in [3.8, 4) is 0 Å². The van der Waals surface area contributed by atoms with E-state index in [1.807, 2.05) is 0 Å². The molecule has 0 bridgehead atoms. The van der Waals surface area contributed by atoms with Crippen LogP contribution in [0.2, 0.25) is 0 Å². The Hall–Kier alpha value is -1.06. The lowest BCUT2D eigenvalue weighted by Crippen LogP contribution is -2.45. The molecule has 0 spiro atoms. The van der Waals surface area contributed by atoms with E-state index in [1.54, 1.807) is 0 Å². The number of hydrogen-bond acceptors (Lipinski definition) is 3. The fraction of sp³-hybridized carbons (Fsp3) is 0.538. The maximum Gasteiger partial charge on any atom is 0.0670 e. The van der Waals surface area contributed by atoms with E-state index in [0.717, 1.165) is 26.2 Å². The largest absolute Gasteiger partial charge is 0.377 e. The Labute approximate surface area is 97.2 Å². The maximum atomic E-state index is 5.60. The predicted molar refractivity (Wildman–Crippen MR) is 66.6 cm³/mol. The van der Waals surface area contributed by atoms with Gasteiger partial charge >= 0.3 is 0 Å². The van der Waals surface area contributed by atoms with E-state index in [4.69, 9.17) is 10.5 Å². The topological polar surface area (TPSA) is 38.5 Å². The fourth-order valence-electron chi connectivity index (χ4n) is 2.16. The van der Waals surface area contributed by atoms with Crippen LogP contribution in [0.5, 0.6) is 0 Å². The van der Waals surface area contributed by atoms with E-state index in [9.17, 15) is 0 Å². The lowest BCUT2D eigenvalue weighted by atomic mass is 10.1. The van der Waals surface area contributed by atoms with Gasteiger partial charge in [0.15, 0.2) is 0 Å². The Morgan fingerprint density at radius 3 is 2.75 bits per heavy atom. The van der Waals surface area contributed by atoms with Crippen LogP contribution in [0.15, 0.2) is 24.3 Å². The van der Waals surface area contributed by atoms with Crippen LogP contribution in [0.25, 0.3) is 0 Å². The highest BCUT2D eigenvalue weighted by molar-refractivity contribution is 5.49. The van der Waals surface area contributed by atoms with Crippen molar-refractivity contribution in [1.82, 2.24) is 0 Å². The zero-order valence-corrected chi connectivity index (χ0v) is 9.86. The molecule has 1 atom stereocenters. The van der Waals surface area contributed by atoms with E-state index in [1.165, 1.54) is 11.3 Å². The zero-order chi connectivity index (χ0) is 11.4. The van der Waals surface area contributed by atoms with Crippen molar-refractivity contribution in [3.63, 3.8) is 0 Å². The molecule has 3 heteroatoms. The molecule has 1 aromatic carbocycles. The monoisotopic (exact) mass is 220 g/mol. The minimum Gasteiger partial charge on any atom is -0.377 e. The number of rotatable bonds is 3. The van der Waals surface area contributed by atoms with Crippen LogP contribution in [0, 0.1) is 0 Å². The first kappa shape index (κ1) is 11.4. The summed E-state index contributed by atoms with van der Waals surface area (Å²) in [7, 11) is 0. The van der Waals surface area contributed by atoms with Crippen LogP contribution in [0.3, 0.4) is 0 Å². The molecule has 1 aliphatic heterocycles. The van der Waals surface area contributed by atoms with Crippen LogP contribution < -0.4 is 10.6 Å². The summed E-state index contributed by atoms with van der Waals surface area (Å²) in [5, 5.41) is 0. The lowest BCUT2D eigenvalue weighted by Gasteiger charge is -2.37. The van der Waals surface area contributed by atoms with Crippen LogP contribution in [0.4, 0.5) is 5.69 Å². The van der Waals surface area contributed by atoms with Crippen molar-refractivity contribution >= 4 is 5.69 Å². The van der Waals surface area contributed by atoms with Crippen molar-refractivity contribution in [3.05, 3.63) is 29.8 Å². The Kier molecular flexibility index (Phi) is 3.80. The third-order valence-electron chi connectivity index (χ3n) is 3.20. The first-order valence-corrected chi connectivity index (χ1v) is 5.98. The molecule has 0 aliphatic carbocycles. The van der Waals surface area contributed by atoms with E-state index in [2.05, 4.69) is 36.1 Å². The average Bonchev–Trinajstić information content (AvgIpc) is 2.39. The summed E-state index contributed by atoms with van der Waals surface area (Å²) in [6, 6.07) is 9.05. The standard InChI is InChI=1S/C13H20N2O/c1-2-12-10-16-8-7-15(12)13-5-3-11(9-14)4-6-13/h3-6,12H,2,7-10,14H2,1H3. The van der Waals surface area contributed by atoms with Gasteiger partial charge in [0.1, 0.15) is 0 Å². The molecule has 0 saturated carbocycles. The fourth-order valence-corrected chi connectivity index (χ4v) is 2.16. The van der Waals surface area contributed by atoms with Gasteiger partial charge < -0.3 is 15.4 Å². The van der Waals surface area contributed by atoms with E-state index in [-0.39, 0.29) is 0 Å². The zero-order valence-electron chi connectivity index (χ0n) is 9.86. The number of ether oxygens (including phenoxy) is 1. The van der Waals surface area contributed by atoms with Gasteiger partial charge in [0.25, 0.3) is 0 Å². The highest BCUT2D eigenvalue weighted by Gasteiger charge is 2.21. The summed E-state index contributed by atoms with van der Waals surface area (Å²) in [6.45, 7) is 5.48. The molecule has 16 heavy (non-hydrogen) atoms. The van der Waals surface area contributed by atoms with Gasteiger partial charge in [-0.2, -0.15) is 0 Å². The minimum absolute atomic E-state index is 0.512. The third kappa shape index (κ3) is 2.36. The second kappa shape index (κ2) is 5.32. The minimum atomic E-state index is 0.512. The van der Waals surface area contributed by atoms with Crippen LogP contribution in [-0.4, -0.2) is 25.8 Å². The van der Waals surface area contributed by atoms with Crippen LogP contribution >= 0.6 is 0 Å².